The zero-order valence-corrected chi connectivity index (χ0v) is 15.2. The van der Waals surface area contributed by atoms with Crippen molar-refractivity contribution in [3.05, 3.63) is 29.3 Å². The van der Waals surface area contributed by atoms with E-state index in [9.17, 15) is 18.0 Å². The van der Waals surface area contributed by atoms with E-state index >= 15 is 0 Å². The summed E-state index contributed by atoms with van der Waals surface area (Å²) in [7, 11) is -3.64. The molecule has 1 aliphatic carbocycles. The predicted octanol–water partition coefficient (Wildman–Crippen LogP) is 1.67. The van der Waals surface area contributed by atoms with Crippen LogP contribution >= 0.6 is 0 Å². The second-order valence-electron chi connectivity index (χ2n) is 6.35. The van der Waals surface area contributed by atoms with Crippen LogP contribution in [-0.4, -0.2) is 38.0 Å². The molecule has 2 unspecified atom stereocenters. The number of aryl methyl sites for hydroxylation is 1. The van der Waals surface area contributed by atoms with Crippen molar-refractivity contribution in [3.63, 3.8) is 0 Å². The molecule has 138 valence electrons. The minimum Gasteiger partial charge on any atom is -0.481 e. The van der Waals surface area contributed by atoms with E-state index in [1.54, 1.807) is 19.9 Å². The van der Waals surface area contributed by atoms with Gasteiger partial charge in [-0.15, -0.1) is 0 Å². The van der Waals surface area contributed by atoms with E-state index in [1.165, 1.54) is 12.1 Å². The van der Waals surface area contributed by atoms with E-state index in [-0.39, 0.29) is 29.0 Å². The third kappa shape index (κ3) is 4.79. The Labute approximate surface area is 147 Å². The maximum absolute atomic E-state index is 12.6. The SMILES string of the molecule is CCNS(=O)(=O)c1ccc(C)c(C(=O)NC2CCCC(C(=O)O)C2)c1. The van der Waals surface area contributed by atoms with E-state index in [4.69, 9.17) is 5.11 Å². The third-order valence-corrected chi connectivity index (χ3v) is 6.00. The number of aliphatic carboxylic acids is 1. The molecule has 7 nitrogen and oxygen atoms in total. The molecular formula is C17H24N2O5S. The normalized spacial score (nSPS) is 20.9. The average Bonchev–Trinajstić information content (AvgIpc) is 2.55. The number of carbonyl (C=O) groups is 2. The van der Waals surface area contributed by atoms with E-state index in [0.717, 1.165) is 12.8 Å². The Balaban J connectivity index is 2.17. The minimum atomic E-state index is -3.64. The molecule has 0 heterocycles. The summed E-state index contributed by atoms with van der Waals surface area (Å²) in [6.07, 6.45) is 2.49. The molecule has 2 rings (SSSR count). The molecule has 0 aliphatic heterocycles. The van der Waals surface area contributed by atoms with Crippen LogP contribution in [0.3, 0.4) is 0 Å². The Kier molecular flexibility index (Phi) is 6.18. The van der Waals surface area contributed by atoms with Crippen LogP contribution < -0.4 is 10.0 Å². The molecule has 0 saturated heterocycles. The van der Waals surface area contributed by atoms with Crippen molar-refractivity contribution in [1.82, 2.24) is 10.0 Å². The van der Waals surface area contributed by atoms with E-state index in [0.29, 0.717) is 18.4 Å². The van der Waals surface area contributed by atoms with E-state index < -0.39 is 21.9 Å². The summed E-state index contributed by atoms with van der Waals surface area (Å²) in [4.78, 5) is 23.8. The number of hydrogen-bond donors (Lipinski definition) is 3. The van der Waals surface area contributed by atoms with Gasteiger partial charge in [-0.2, -0.15) is 0 Å². The monoisotopic (exact) mass is 368 g/mol. The van der Waals surface area contributed by atoms with Gasteiger partial charge in [0.2, 0.25) is 10.0 Å². The quantitative estimate of drug-likeness (QED) is 0.707. The van der Waals surface area contributed by atoms with Gasteiger partial charge in [-0.05, 0) is 43.9 Å². The van der Waals surface area contributed by atoms with Gasteiger partial charge in [0.05, 0.1) is 10.8 Å². The molecule has 1 fully saturated rings. The summed E-state index contributed by atoms with van der Waals surface area (Å²) >= 11 is 0. The molecule has 1 aliphatic rings. The van der Waals surface area contributed by atoms with Gasteiger partial charge in [0.1, 0.15) is 0 Å². The first-order valence-corrected chi connectivity index (χ1v) is 9.87. The first kappa shape index (κ1) is 19.4. The van der Waals surface area contributed by atoms with Crippen LogP contribution in [0, 0.1) is 12.8 Å². The summed E-state index contributed by atoms with van der Waals surface area (Å²) in [6, 6.07) is 4.21. The van der Waals surface area contributed by atoms with Crippen LogP contribution in [0.5, 0.6) is 0 Å². The topological polar surface area (TPSA) is 113 Å². The van der Waals surface area contributed by atoms with Crippen LogP contribution in [0.1, 0.15) is 48.5 Å². The summed E-state index contributed by atoms with van der Waals surface area (Å²) in [5.41, 5.74) is 0.954. The number of hydrogen-bond acceptors (Lipinski definition) is 4. The molecule has 0 bridgehead atoms. The Morgan fingerprint density at radius 1 is 1.28 bits per heavy atom. The number of rotatable bonds is 6. The predicted molar refractivity (Wildman–Crippen MR) is 92.9 cm³/mol. The van der Waals surface area contributed by atoms with Crippen molar-refractivity contribution in [1.29, 1.82) is 0 Å². The number of amides is 1. The standard InChI is InChI=1S/C17H24N2O5S/c1-3-18-25(23,24)14-8-7-11(2)15(10-14)16(20)19-13-6-4-5-12(9-13)17(21)22/h7-8,10,12-13,18H,3-6,9H2,1-2H3,(H,19,20)(H,21,22). The van der Waals surface area contributed by atoms with Crippen molar-refractivity contribution in [2.45, 2.75) is 50.5 Å². The fourth-order valence-corrected chi connectivity index (χ4v) is 4.16. The molecule has 2 atom stereocenters. The lowest BCUT2D eigenvalue weighted by atomic mass is 9.85. The summed E-state index contributed by atoms with van der Waals surface area (Å²) in [5, 5.41) is 12.0. The number of sulfonamides is 1. The largest absolute Gasteiger partial charge is 0.481 e. The zero-order valence-electron chi connectivity index (χ0n) is 14.4. The first-order valence-electron chi connectivity index (χ1n) is 8.38. The molecule has 1 saturated carbocycles. The van der Waals surface area contributed by atoms with Gasteiger partial charge >= 0.3 is 5.97 Å². The highest BCUT2D eigenvalue weighted by Crippen LogP contribution is 2.25. The van der Waals surface area contributed by atoms with Crippen LogP contribution in [-0.2, 0) is 14.8 Å². The number of nitrogens with one attached hydrogen (secondary N) is 2. The molecule has 1 amide bonds. The minimum absolute atomic E-state index is 0.0390. The van der Waals surface area contributed by atoms with Gasteiger partial charge < -0.3 is 10.4 Å². The third-order valence-electron chi connectivity index (χ3n) is 4.46. The van der Waals surface area contributed by atoms with Crippen molar-refractivity contribution >= 4 is 21.9 Å². The zero-order chi connectivity index (χ0) is 18.6. The first-order chi connectivity index (χ1) is 11.7. The van der Waals surface area contributed by atoms with Gasteiger partial charge in [-0.1, -0.05) is 19.4 Å². The van der Waals surface area contributed by atoms with Gasteiger partial charge in [0.15, 0.2) is 0 Å². The lowest BCUT2D eigenvalue weighted by molar-refractivity contribution is -0.143. The Bertz CT molecular complexity index is 760. The second-order valence-corrected chi connectivity index (χ2v) is 8.12. The average molecular weight is 368 g/mol. The number of carboxylic acid groups (broad SMARTS) is 1. The Hall–Kier alpha value is -1.93. The lowest BCUT2D eigenvalue weighted by Crippen LogP contribution is -2.40. The molecule has 0 aromatic heterocycles. The molecule has 8 heteroatoms. The molecule has 25 heavy (non-hydrogen) atoms. The van der Waals surface area contributed by atoms with Gasteiger partial charge in [-0.25, -0.2) is 13.1 Å². The molecular weight excluding hydrogens is 344 g/mol. The summed E-state index contributed by atoms with van der Waals surface area (Å²) < 4.78 is 26.6. The van der Waals surface area contributed by atoms with E-state index in [2.05, 4.69) is 10.0 Å². The fraction of sp³-hybridized carbons (Fsp3) is 0.529. The number of benzene rings is 1. The number of carboxylic acids is 1. The van der Waals surface area contributed by atoms with Gasteiger partial charge in [-0.3, -0.25) is 9.59 Å². The smallest absolute Gasteiger partial charge is 0.306 e. The summed E-state index contributed by atoms with van der Waals surface area (Å²) in [5.74, 6) is -1.66. The molecule has 1 aromatic rings. The van der Waals surface area contributed by atoms with Crippen molar-refractivity contribution in [3.8, 4) is 0 Å². The maximum atomic E-state index is 12.6. The molecule has 0 spiro atoms. The molecule has 3 N–H and O–H groups in total. The van der Waals surface area contributed by atoms with Crippen molar-refractivity contribution in [2.75, 3.05) is 6.54 Å². The van der Waals surface area contributed by atoms with Crippen LogP contribution in [0.4, 0.5) is 0 Å². The number of carbonyl (C=O) groups excluding carboxylic acids is 1. The van der Waals surface area contributed by atoms with Crippen LogP contribution in [0.25, 0.3) is 0 Å². The second kappa shape index (κ2) is 7.97. The van der Waals surface area contributed by atoms with E-state index in [1.807, 2.05) is 0 Å². The van der Waals surface area contributed by atoms with Crippen LogP contribution in [0.2, 0.25) is 0 Å². The Morgan fingerprint density at radius 3 is 2.64 bits per heavy atom. The lowest BCUT2D eigenvalue weighted by Gasteiger charge is -2.27. The van der Waals surface area contributed by atoms with Gasteiger partial charge in [0.25, 0.3) is 5.91 Å². The van der Waals surface area contributed by atoms with Crippen molar-refractivity contribution in [2.24, 2.45) is 5.92 Å². The molecule has 1 aromatic carbocycles. The Morgan fingerprint density at radius 2 is 2.00 bits per heavy atom. The van der Waals surface area contributed by atoms with Gasteiger partial charge in [0, 0.05) is 18.2 Å². The highest BCUT2D eigenvalue weighted by atomic mass is 32.2. The fourth-order valence-electron chi connectivity index (χ4n) is 3.09. The van der Waals surface area contributed by atoms with Crippen LogP contribution in [0.15, 0.2) is 23.1 Å². The maximum Gasteiger partial charge on any atom is 0.306 e. The highest BCUT2D eigenvalue weighted by molar-refractivity contribution is 7.89. The summed E-state index contributed by atoms with van der Waals surface area (Å²) in [6.45, 7) is 3.68. The highest BCUT2D eigenvalue weighted by Gasteiger charge is 2.28. The molecule has 0 radical (unpaired) electrons. The van der Waals surface area contributed by atoms with Crippen molar-refractivity contribution < 1.29 is 23.1 Å².